The van der Waals surface area contributed by atoms with Gasteiger partial charge >= 0.3 is 0 Å². The molecule has 0 bridgehead atoms. The lowest BCUT2D eigenvalue weighted by Crippen LogP contribution is -2.25. The number of benzene rings is 1. The predicted octanol–water partition coefficient (Wildman–Crippen LogP) is 3.42. The molecule has 17 heavy (non-hydrogen) atoms. The summed E-state index contributed by atoms with van der Waals surface area (Å²) in [5, 5.41) is 2.96. The van der Waals surface area contributed by atoms with Crippen molar-refractivity contribution < 1.29 is 4.79 Å². The first-order valence-electron chi connectivity index (χ1n) is 6.50. The van der Waals surface area contributed by atoms with E-state index in [0.29, 0.717) is 5.92 Å². The second kappa shape index (κ2) is 7.10. The average Bonchev–Trinajstić information content (AvgIpc) is 2.29. The van der Waals surface area contributed by atoms with E-state index in [4.69, 9.17) is 0 Å². The Balaban J connectivity index is 2.53. The van der Waals surface area contributed by atoms with Gasteiger partial charge in [0.2, 0.25) is 0 Å². The van der Waals surface area contributed by atoms with Crippen molar-refractivity contribution >= 4 is 5.91 Å². The third-order valence-corrected chi connectivity index (χ3v) is 2.74. The summed E-state index contributed by atoms with van der Waals surface area (Å²) < 4.78 is 0. The summed E-state index contributed by atoms with van der Waals surface area (Å²) in [5.74, 6) is 0.672. The molecular formula is C15H23NO. The molecule has 0 atom stereocenters. The highest BCUT2D eigenvalue weighted by molar-refractivity contribution is 5.94. The largest absolute Gasteiger partial charge is 0.352 e. The van der Waals surface area contributed by atoms with Crippen molar-refractivity contribution in [3.8, 4) is 0 Å². The van der Waals surface area contributed by atoms with E-state index >= 15 is 0 Å². The Hall–Kier alpha value is -1.31. The molecule has 0 aliphatic heterocycles. The first kappa shape index (κ1) is 13.8. The van der Waals surface area contributed by atoms with Crippen molar-refractivity contribution in [2.45, 2.75) is 40.0 Å². The zero-order valence-corrected chi connectivity index (χ0v) is 11.1. The summed E-state index contributed by atoms with van der Waals surface area (Å²) in [5.41, 5.74) is 2.02. The van der Waals surface area contributed by atoms with Crippen LogP contribution in [0.2, 0.25) is 0 Å². The Bertz CT molecular complexity index is 358. The molecule has 0 saturated heterocycles. The second-order valence-corrected chi connectivity index (χ2v) is 4.89. The Morgan fingerprint density at radius 1 is 1.35 bits per heavy atom. The summed E-state index contributed by atoms with van der Waals surface area (Å²) in [4.78, 5) is 11.9. The Labute approximate surface area is 104 Å². The molecule has 0 heterocycles. The summed E-state index contributed by atoms with van der Waals surface area (Å²) in [6.07, 6.45) is 3.17. The minimum Gasteiger partial charge on any atom is -0.352 e. The molecule has 0 aromatic heterocycles. The number of aryl methyl sites for hydroxylation is 1. The summed E-state index contributed by atoms with van der Waals surface area (Å²) >= 11 is 0. The Kier molecular flexibility index (Phi) is 5.75. The fraction of sp³-hybridized carbons (Fsp3) is 0.533. The zero-order valence-electron chi connectivity index (χ0n) is 11.1. The normalized spacial score (nSPS) is 10.6. The number of nitrogens with one attached hydrogen (secondary N) is 1. The van der Waals surface area contributed by atoms with Gasteiger partial charge in [-0.3, -0.25) is 4.79 Å². The van der Waals surface area contributed by atoms with Gasteiger partial charge in [-0.2, -0.15) is 0 Å². The standard InChI is InChI=1S/C15H23NO/c1-4-6-13-7-5-8-14(11-13)15(17)16-10-9-12(2)3/h5,7-8,11-12H,4,6,9-10H2,1-3H3,(H,16,17). The van der Waals surface area contributed by atoms with Crippen LogP contribution < -0.4 is 5.32 Å². The lowest BCUT2D eigenvalue weighted by atomic mass is 10.1. The Morgan fingerprint density at radius 3 is 2.76 bits per heavy atom. The van der Waals surface area contributed by atoms with Gasteiger partial charge in [-0.05, 0) is 36.5 Å². The highest BCUT2D eigenvalue weighted by atomic mass is 16.1. The molecule has 0 spiro atoms. The van der Waals surface area contributed by atoms with E-state index in [9.17, 15) is 4.79 Å². The molecule has 2 heteroatoms. The van der Waals surface area contributed by atoms with Crippen molar-refractivity contribution in [2.24, 2.45) is 5.92 Å². The monoisotopic (exact) mass is 233 g/mol. The molecular weight excluding hydrogens is 210 g/mol. The number of amides is 1. The van der Waals surface area contributed by atoms with Gasteiger partial charge in [0.15, 0.2) is 0 Å². The summed E-state index contributed by atoms with van der Waals surface area (Å²) in [6.45, 7) is 7.23. The summed E-state index contributed by atoms with van der Waals surface area (Å²) in [6, 6.07) is 7.91. The average molecular weight is 233 g/mol. The number of rotatable bonds is 6. The molecule has 1 aromatic carbocycles. The van der Waals surface area contributed by atoms with Gasteiger partial charge < -0.3 is 5.32 Å². The van der Waals surface area contributed by atoms with Gasteiger partial charge in [-0.1, -0.05) is 39.3 Å². The molecule has 0 aliphatic carbocycles. The topological polar surface area (TPSA) is 29.1 Å². The van der Waals surface area contributed by atoms with Crippen molar-refractivity contribution in [3.05, 3.63) is 35.4 Å². The van der Waals surface area contributed by atoms with E-state index in [1.165, 1.54) is 5.56 Å². The predicted molar refractivity (Wildman–Crippen MR) is 72.2 cm³/mol. The maximum atomic E-state index is 11.9. The fourth-order valence-corrected chi connectivity index (χ4v) is 1.73. The van der Waals surface area contributed by atoms with E-state index in [1.54, 1.807) is 0 Å². The molecule has 94 valence electrons. The second-order valence-electron chi connectivity index (χ2n) is 4.89. The van der Waals surface area contributed by atoms with Crippen LogP contribution in [0.15, 0.2) is 24.3 Å². The molecule has 1 rings (SSSR count). The number of hydrogen-bond donors (Lipinski definition) is 1. The molecule has 0 fully saturated rings. The van der Waals surface area contributed by atoms with E-state index in [-0.39, 0.29) is 5.91 Å². The molecule has 2 nitrogen and oxygen atoms in total. The van der Waals surface area contributed by atoms with Crippen LogP contribution in [0.25, 0.3) is 0 Å². The van der Waals surface area contributed by atoms with E-state index in [2.05, 4.69) is 32.2 Å². The smallest absolute Gasteiger partial charge is 0.251 e. The van der Waals surface area contributed by atoms with Crippen LogP contribution in [0.4, 0.5) is 0 Å². The lowest BCUT2D eigenvalue weighted by molar-refractivity contribution is 0.0952. The third-order valence-electron chi connectivity index (χ3n) is 2.74. The maximum absolute atomic E-state index is 11.9. The highest BCUT2D eigenvalue weighted by Crippen LogP contribution is 2.07. The van der Waals surface area contributed by atoms with Crippen LogP contribution in [-0.4, -0.2) is 12.5 Å². The molecule has 0 unspecified atom stereocenters. The molecule has 1 amide bonds. The van der Waals surface area contributed by atoms with Gasteiger partial charge in [0.25, 0.3) is 5.91 Å². The fourth-order valence-electron chi connectivity index (χ4n) is 1.73. The van der Waals surface area contributed by atoms with Crippen LogP contribution >= 0.6 is 0 Å². The van der Waals surface area contributed by atoms with Crippen LogP contribution in [0.3, 0.4) is 0 Å². The quantitative estimate of drug-likeness (QED) is 0.801. The van der Waals surface area contributed by atoms with Crippen LogP contribution in [-0.2, 0) is 6.42 Å². The van der Waals surface area contributed by atoms with E-state index < -0.39 is 0 Å². The Morgan fingerprint density at radius 2 is 2.12 bits per heavy atom. The van der Waals surface area contributed by atoms with Crippen molar-refractivity contribution in [1.29, 1.82) is 0 Å². The first-order chi connectivity index (χ1) is 8.13. The van der Waals surface area contributed by atoms with Crippen LogP contribution in [0.1, 0.15) is 49.5 Å². The third kappa shape index (κ3) is 5.03. The van der Waals surface area contributed by atoms with E-state index in [1.807, 2.05) is 18.2 Å². The van der Waals surface area contributed by atoms with Gasteiger partial charge in [0.05, 0.1) is 0 Å². The van der Waals surface area contributed by atoms with Gasteiger partial charge in [-0.25, -0.2) is 0 Å². The van der Waals surface area contributed by atoms with Gasteiger partial charge in [0.1, 0.15) is 0 Å². The zero-order chi connectivity index (χ0) is 12.7. The molecule has 0 saturated carbocycles. The maximum Gasteiger partial charge on any atom is 0.251 e. The van der Waals surface area contributed by atoms with Crippen molar-refractivity contribution in [1.82, 2.24) is 5.32 Å². The SMILES string of the molecule is CCCc1cccc(C(=O)NCCC(C)C)c1. The number of hydrogen-bond acceptors (Lipinski definition) is 1. The number of carbonyl (C=O) groups is 1. The summed E-state index contributed by atoms with van der Waals surface area (Å²) in [7, 11) is 0. The highest BCUT2D eigenvalue weighted by Gasteiger charge is 2.05. The van der Waals surface area contributed by atoms with Gasteiger partial charge in [-0.15, -0.1) is 0 Å². The van der Waals surface area contributed by atoms with E-state index in [0.717, 1.165) is 31.4 Å². The van der Waals surface area contributed by atoms with Crippen molar-refractivity contribution in [2.75, 3.05) is 6.54 Å². The molecule has 0 radical (unpaired) electrons. The minimum absolute atomic E-state index is 0.0450. The number of carbonyl (C=O) groups excluding carboxylic acids is 1. The molecule has 1 N–H and O–H groups in total. The molecule has 0 aliphatic rings. The lowest BCUT2D eigenvalue weighted by Gasteiger charge is -2.08. The minimum atomic E-state index is 0.0450. The van der Waals surface area contributed by atoms with Crippen LogP contribution in [0, 0.1) is 5.92 Å². The molecule has 1 aromatic rings. The van der Waals surface area contributed by atoms with Crippen molar-refractivity contribution in [3.63, 3.8) is 0 Å². The van der Waals surface area contributed by atoms with Gasteiger partial charge in [0, 0.05) is 12.1 Å². The first-order valence-corrected chi connectivity index (χ1v) is 6.50. The van der Waals surface area contributed by atoms with Crippen LogP contribution in [0.5, 0.6) is 0 Å².